The molecular formula is C13H21NO. The van der Waals surface area contributed by atoms with E-state index in [9.17, 15) is 5.11 Å². The highest BCUT2D eigenvalue weighted by Crippen LogP contribution is 2.23. The second kappa shape index (κ2) is 6.59. The first-order chi connectivity index (χ1) is 7.33. The lowest BCUT2D eigenvalue weighted by atomic mass is 9.91. The zero-order valence-corrected chi connectivity index (χ0v) is 9.61. The summed E-state index contributed by atoms with van der Waals surface area (Å²) >= 11 is 0. The number of benzene rings is 1. The van der Waals surface area contributed by atoms with Crippen LogP contribution in [0.3, 0.4) is 0 Å². The van der Waals surface area contributed by atoms with Crippen LogP contribution in [0.5, 0.6) is 0 Å². The van der Waals surface area contributed by atoms with Gasteiger partial charge in [0.15, 0.2) is 0 Å². The van der Waals surface area contributed by atoms with Gasteiger partial charge in [-0.25, -0.2) is 0 Å². The summed E-state index contributed by atoms with van der Waals surface area (Å²) in [5.74, 6) is 0.298. The van der Waals surface area contributed by atoms with E-state index >= 15 is 0 Å². The first-order valence-electron chi connectivity index (χ1n) is 5.72. The Morgan fingerprint density at radius 1 is 1.20 bits per heavy atom. The van der Waals surface area contributed by atoms with Gasteiger partial charge in [-0.15, -0.1) is 0 Å². The minimum absolute atomic E-state index is 0.239. The molecule has 0 saturated carbocycles. The highest BCUT2D eigenvalue weighted by atomic mass is 16.3. The largest absolute Gasteiger partial charge is 0.396 e. The van der Waals surface area contributed by atoms with Crippen LogP contribution in [0.25, 0.3) is 0 Å². The molecule has 0 spiro atoms. The molecule has 0 aliphatic carbocycles. The van der Waals surface area contributed by atoms with E-state index in [-0.39, 0.29) is 12.6 Å². The van der Waals surface area contributed by atoms with Crippen LogP contribution in [0.1, 0.15) is 31.9 Å². The zero-order valence-electron chi connectivity index (χ0n) is 9.61. The smallest absolute Gasteiger partial charge is 0.0477 e. The van der Waals surface area contributed by atoms with Crippen LogP contribution in [0.15, 0.2) is 30.3 Å². The van der Waals surface area contributed by atoms with Crippen LogP contribution in [-0.2, 0) is 0 Å². The molecule has 0 radical (unpaired) electrons. The van der Waals surface area contributed by atoms with Crippen molar-refractivity contribution in [3.63, 3.8) is 0 Å². The van der Waals surface area contributed by atoms with Gasteiger partial charge >= 0.3 is 0 Å². The van der Waals surface area contributed by atoms with Gasteiger partial charge in [-0.05, 0) is 18.5 Å². The topological polar surface area (TPSA) is 32.3 Å². The fourth-order valence-corrected chi connectivity index (χ4v) is 1.91. The fourth-order valence-electron chi connectivity index (χ4n) is 1.91. The number of aliphatic hydroxyl groups excluding tert-OH is 1. The second-order valence-electron chi connectivity index (χ2n) is 3.80. The summed E-state index contributed by atoms with van der Waals surface area (Å²) in [5.41, 5.74) is 1.26. The third-order valence-corrected chi connectivity index (χ3v) is 2.81. The average Bonchev–Trinajstić information content (AvgIpc) is 2.30. The molecular weight excluding hydrogens is 186 g/mol. The van der Waals surface area contributed by atoms with Crippen molar-refractivity contribution in [1.29, 1.82) is 0 Å². The van der Waals surface area contributed by atoms with Crippen molar-refractivity contribution in [2.75, 3.05) is 13.2 Å². The Kier molecular flexibility index (Phi) is 5.37. The maximum Gasteiger partial charge on any atom is 0.0477 e. The van der Waals surface area contributed by atoms with Gasteiger partial charge in [0, 0.05) is 18.6 Å². The van der Waals surface area contributed by atoms with Crippen molar-refractivity contribution < 1.29 is 5.11 Å². The lowest BCUT2D eigenvalue weighted by Crippen LogP contribution is -2.29. The van der Waals surface area contributed by atoms with Crippen LogP contribution < -0.4 is 5.32 Å². The SMILES string of the molecule is CCNC(c1ccccc1)C(CC)CO. The van der Waals surface area contributed by atoms with E-state index in [0.717, 1.165) is 13.0 Å². The molecule has 0 aromatic heterocycles. The van der Waals surface area contributed by atoms with Gasteiger partial charge in [-0.1, -0.05) is 44.2 Å². The van der Waals surface area contributed by atoms with E-state index in [1.54, 1.807) is 0 Å². The Labute approximate surface area is 92.3 Å². The Bertz CT molecular complexity index is 256. The van der Waals surface area contributed by atoms with Crippen molar-refractivity contribution in [3.05, 3.63) is 35.9 Å². The normalized spacial score (nSPS) is 14.9. The van der Waals surface area contributed by atoms with Crippen LogP contribution in [0.4, 0.5) is 0 Å². The predicted octanol–water partition coefficient (Wildman–Crippen LogP) is 2.36. The Morgan fingerprint density at radius 2 is 1.87 bits per heavy atom. The molecule has 84 valence electrons. The van der Waals surface area contributed by atoms with Crippen molar-refractivity contribution in [3.8, 4) is 0 Å². The molecule has 2 atom stereocenters. The van der Waals surface area contributed by atoms with Gasteiger partial charge < -0.3 is 10.4 Å². The summed E-state index contributed by atoms with van der Waals surface area (Å²) in [7, 11) is 0. The van der Waals surface area contributed by atoms with E-state index in [0.29, 0.717) is 5.92 Å². The number of hydrogen-bond donors (Lipinski definition) is 2. The van der Waals surface area contributed by atoms with E-state index in [2.05, 4.69) is 31.3 Å². The highest BCUT2D eigenvalue weighted by molar-refractivity contribution is 5.19. The molecule has 0 bridgehead atoms. The van der Waals surface area contributed by atoms with Gasteiger partial charge in [-0.3, -0.25) is 0 Å². The maximum absolute atomic E-state index is 9.34. The first-order valence-corrected chi connectivity index (χ1v) is 5.72. The number of nitrogens with one attached hydrogen (secondary N) is 1. The third kappa shape index (κ3) is 3.33. The summed E-state index contributed by atoms with van der Waals surface area (Å²) in [4.78, 5) is 0. The summed E-state index contributed by atoms with van der Waals surface area (Å²) in [6.45, 7) is 5.38. The molecule has 1 rings (SSSR count). The summed E-state index contributed by atoms with van der Waals surface area (Å²) in [5, 5.41) is 12.8. The molecule has 2 N–H and O–H groups in total. The molecule has 0 fully saturated rings. The van der Waals surface area contributed by atoms with Gasteiger partial charge in [0.05, 0.1) is 0 Å². The standard InChI is InChI=1S/C13H21NO/c1-3-11(10-15)13(14-4-2)12-8-6-5-7-9-12/h5-9,11,13-15H,3-4,10H2,1-2H3. The average molecular weight is 207 g/mol. The van der Waals surface area contributed by atoms with Gasteiger partial charge in [0.25, 0.3) is 0 Å². The third-order valence-electron chi connectivity index (χ3n) is 2.81. The predicted molar refractivity (Wildman–Crippen MR) is 63.7 cm³/mol. The Morgan fingerprint density at radius 3 is 2.33 bits per heavy atom. The Balaban J connectivity index is 2.81. The molecule has 0 saturated heterocycles. The fraction of sp³-hybridized carbons (Fsp3) is 0.538. The summed E-state index contributed by atoms with van der Waals surface area (Å²) in [6.07, 6.45) is 0.989. The Hall–Kier alpha value is -0.860. The summed E-state index contributed by atoms with van der Waals surface area (Å²) < 4.78 is 0. The molecule has 0 aliphatic heterocycles. The lowest BCUT2D eigenvalue weighted by molar-refractivity contribution is 0.186. The van der Waals surface area contributed by atoms with Crippen LogP contribution in [0, 0.1) is 5.92 Å². The number of aliphatic hydroxyl groups is 1. The van der Waals surface area contributed by atoms with Gasteiger partial charge in [0.2, 0.25) is 0 Å². The van der Waals surface area contributed by atoms with E-state index in [4.69, 9.17) is 0 Å². The van der Waals surface area contributed by atoms with E-state index in [1.165, 1.54) is 5.56 Å². The molecule has 0 aliphatic rings. The monoisotopic (exact) mass is 207 g/mol. The van der Waals surface area contributed by atoms with Crippen molar-refractivity contribution in [2.45, 2.75) is 26.3 Å². The molecule has 2 unspecified atom stereocenters. The van der Waals surface area contributed by atoms with Crippen LogP contribution >= 0.6 is 0 Å². The first kappa shape index (κ1) is 12.2. The molecule has 2 heteroatoms. The van der Waals surface area contributed by atoms with Gasteiger partial charge in [-0.2, -0.15) is 0 Å². The van der Waals surface area contributed by atoms with E-state index in [1.807, 2.05) is 18.2 Å². The molecule has 1 aromatic carbocycles. The highest BCUT2D eigenvalue weighted by Gasteiger charge is 2.19. The van der Waals surface area contributed by atoms with Crippen molar-refractivity contribution >= 4 is 0 Å². The maximum atomic E-state index is 9.34. The number of hydrogen-bond acceptors (Lipinski definition) is 2. The van der Waals surface area contributed by atoms with Crippen molar-refractivity contribution in [2.24, 2.45) is 5.92 Å². The van der Waals surface area contributed by atoms with Crippen LogP contribution in [0.2, 0.25) is 0 Å². The molecule has 0 amide bonds. The second-order valence-corrected chi connectivity index (χ2v) is 3.80. The molecule has 2 nitrogen and oxygen atoms in total. The minimum Gasteiger partial charge on any atom is -0.396 e. The van der Waals surface area contributed by atoms with Crippen molar-refractivity contribution in [1.82, 2.24) is 5.32 Å². The quantitative estimate of drug-likeness (QED) is 0.750. The minimum atomic E-state index is 0.239. The zero-order chi connectivity index (χ0) is 11.1. The number of rotatable bonds is 6. The van der Waals surface area contributed by atoms with Crippen LogP contribution in [-0.4, -0.2) is 18.3 Å². The summed E-state index contributed by atoms with van der Waals surface area (Å²) in [6, 6.07) is 10.6. The molecule has 1 aromatic rings. The lowest BCUT2D eigenvalue weighted by Gasteiger charge is -2.25. The molecule has 15 heavy (non-hydrogen) atoms. The molecule has 0 heterocycles. The van der Waals surface area contributed by atoms with Gasteiger partial charge in [0.1, 0.15) is 0 Å². The van der Waals surface area contributed by atoms with E-state index < -0.39 is 0 Å².